The molecule has 0 saturated carbocycles. The number of nitro groups is 1. The van der Waals surface area contributed by atoms with Gasteiger partial charge < -0.3 is 10.2 Å². The molecule has 0 saturated heterocycles. The van der Waals surface area contributed by atoms with Crippen LogP contribution in [0.3, 0.4) is 0 Å². The van der Waals surface area contributed by atoms with E-state index in [-0.39, 0.29) is 17.6 Å². The second-order valence-electron chi connectivity index (χ2n) is 5.31. The predicted molar refractivity (Wildman–Crippen MR) is 81.5 cm³/mol. The molecular weight excluding hydrogens is 270 g/mol. The fraction of sp³-hybridized carbons (Fsp3) is 0.400. The minimum absolute atomic E-state index is 0.000130. The number of amides is 1. The van der Waals surface area contributed by atoms with Gasteiger partial charge in [-0.2, -0.15) is 0 Å². The zero-order valence-electron chi connectivity index (χ0n) is 12.2. The van der Waals surface area contributed by atoms with Crippen LogP contribution in [0.25, 0.3) is 0 Å². The topological polar surface area (TPSA) is 75.5 Å². The lowest BCUT2D eigenvalue weighted by Gasteiger charge is -2.21. The van der Waals surface area contributed by atoms with Gasteiger partial charge >= 0.3 is 0 Å². The Hall–Kier alpha value is -2.37. The maximum absolute atomic E-state index is 12.0. The van der Waals surface area contributed by atoms with Crippen LogP contribution in [-0.4, -0.2) is 35.9 Å². The van der Waals surface area contributed by atoms with Gasteiger partial charge in [0.25, 0.3) is 11.6 Å². The lowest BCUT2D eigenvalue weighted by atomic mass is 10.0. The zero-order chi connectivity index (χ0) is 15.4. The molecule has 1 aromatic rings. The summed E-state index contributed by atoms with van der Waals surface area (Å²) in [5.74, 6) is -0.170. The lowest BCUT2D eigenvalue weighted by molar-refractivity contribution is -0.384. The number of benzene rings is 1. The first-order chi connectivity index (χ1) is 9.99. The summed E-state index contributed by atoms with van der Waals surface area (Å²) in [6.07, 6.45) is 6.91. The Balaban J connectivity index is 2.30. The van der Waals surface area contributed by atoms with Crippen molar-refractivity contribution < 1.29 is 9.72 Å². The molecule has 6 heteroatoms. The van der Waals surface area contributed by atoms with Gasteiger partial charge in [0.15, 0.2) is 0 Å². The summed E-state index contributed by atoms with van der Waals surface area (Å²) >= 11 is 0. The lowest BCUT2D eigenvalue weighted by Crippen LogP contribution is -2.23. The summed E-state index contributed by atoms with van der Waals surface area (Å²) in [6.45, 7) is 0. The van der Waals surface area contributed by atoms with Gasteiger partial charge in [-0.15, -0.1) is 0 Å². The third-order valence-corrected chi connectivity index (χ3v) is 3.48. The molecule has 0 spiro atoms. The highest BCUT2D eigenvalue weighted by Crippen LogP contribution is 2.28. The van der Waals surface area contributed by atoms with Crippen LogP contribution in [0.5, 0.6) is 0 Å². The van der Waals surface area contributed by atoms with Crippen molar-refractivity contribution in [3.63, 3.8) is 0 Å². The van der Waals surface area contributed by atoms with Crippen LogP contribution < -0.4 is 5.32 Å². The fourth-order valence-corrected chi connectivity index (χ4v) is 2.35. The minimum Gasteiger partial charge on any atom is -0.376 e. The summed E-state index contributed by atoms with van der Waals surface area (Å²) < 4.78 is 0. The van der Waals surface area contributed by atoms with Crippen molar-refractivity contribution in [1.82, 2.24) is 4.90 Å². The van der Waals surface area contributed by atoms with Crippen molar-refractivity contribution >= 4 is 17.3 Å². The molecule has 6 nitrogen and oxygen atoms in total. The summed E-state index contributed by atoms with van der Waals surface area (Å²) in [5.41, 5.74) is 0.854. The van der Waals surface area contributed by atoms with Crippen LogP contribution in [-0.2, 0) is 0 Å². The highest BCUT2D eigenvalue weighted by atomic mass is 16.6. The van der Waals surface area contributed by atoms with Crippen LogP contribution in [0.2, 0.25) is 0 Å². The average Bonchev–Trinajstić information content (AvgIpc) is 2.47. The molecule has 0 fully saturated rings. The van der Waals surface area contributed by atoms with Crippen molar-refractivity contribution in [2.75, 3.05) is 19.4 Å². The van der Waals surface area contributed by atoms with E-state index < -0.39 is 4.92 Å². The molecule has 0 aliphatic heterocycles. The molecule has 1 aliphatic carbocycles. The van der Waals surface area contributed by atoms with Gasteiger partial charge in [0.2, 0.25) is 0 Å². The predicted octanol–water partition coefficient (Wildman–Crippen LogP) is 2.82. The van der Waals surface area contributed by atoms with Gasteiger partial charge in [-0.1, -0.05) is 12.2 Å². The van der Waals surface area contributed by atoms with Crippen molar-refractivity contribution in [3.05, 3.63) is 46.0 Å². The molecule has 1 N–H and O–H groups in total. The summed E-state index contributed by atoms with van der Waals surface area (Å²) in [4.78, 5) is 24.1. The van der Waals surface area contributed by atoms with Gasteiger partial charge in [0.05, 0.1) is 4.92 Å². The molecule has 0 aromatic heterocycles. The number of carbonyl (C=O) groups is 1. The van der Waals surface area contributed by atoms with E-state index in [1.165, 1.54) is 17.0 Å². The maximum Gasteiger partial charge on any atom is 0.292 e. The number of hydrogen-bond donors (Lipinski definition) is 1. The number of nitrogens with zero attached hydrogens (tertiary/aromatic N) is 2. The molecule has 1 amide bonds. The number of anilines is 1. The number of nitrogens with one attached hydrogen (secondary N) is 1. The molecule has 2 rings (SSSR count). The first-order valence-electron chi connectivity index (χ1n) is 6.90. The van der Waals surface area contributed by atoms with E-state index in [1.54, 1.807) is 20.2 Å². The third kappa shape index (κ3) is 3.59. The Morgan fingerprint density at radius 2 is 2.14 bits per heavy atom. The largest absolute Gasteiger partial charge is 0.376 e. The van der Waals surface area contributed by atoms with Crippen LogP contribution >= 0.6 is 0 Å². The van der Waals surface area contributed by atoms with E-state index in [1.807, 2.05) is 0 Å². The van der Waals surface area contributed by atoms with Crippen molar-refractivity contribution in [2.45, 2.75) is 25.3 Å². The summed E-state index contributed by atoms with van der Waals surface area (Å²) in [5, 5.41) is 14.3. The maximum atomic E-state index is 12.0. The zero-order valence-corrected chi connectivity index (χ0v) is 12.2. The highest BCUT2D eigenvalue weighted by molar-refractivity contribution is 5.95. The molecule has 1 unspecified atom stereocenters. The number of allylic oxidation sites excluding steroid dienone is 1. The standard InChI is InChI=1S/C15H19N3O3/c1-17(2)15(19)11-8-9-14(18(20)21)13(10-11)16-12-6-4-3-5-7-12/h3-4,8-10,12,16H,5-7H2,1-2H3. The minimum atomic E-state index is -0.426. The average molecular weight is 289 g/mol. The van der Waals surface area contributed by atoms with Crippen LogP contribution in [0, 0.1) is 10.1 Å². The van der Waals surface area contributed by atoms with Crippen LogP contribution in [0.15, 0.2) is 30.4 Å². The van der Waals surface area contributed by atoms with Gasteiger partial charge in [-0.3, -0.25) is 14.9 Å². The van der Waals surface area contributed by atoms with Crippen LogP contribution in [0.1, 0.15) is 29.6 Å². The molecule has 1 aliphatic rings. The molecule has 1 aromatic carbocycles. The Labute approximate surface area is 123 Å². The summed E-state index contributed by atoms with van der Waals surface area (Å²) in [7, 11) is 3.31. The van der Waals surface area contributed by atoms with Crippen molar-refractivity contribution in [1.29, 1.82) is 0 Å². The van der Waals surface area contributed by atoms with Gasteiger partial charge in [0.1, 0.15) is 5.69 Å². The number of rotatable bonds is 4. The molecule has 112 valence electrons. The Morgan fingerprint density at radius 1 is 1.38 bits per heavy atom. The molecule has 0 radical (unpaired) electrons. The SMILES string of the molecule is CN(C)C(=O)c1ccc([N+](=O)[O-])c(NC2CC=CCC2)c1. The highest BCUT2D eigenvalue weighted by Gasteiger charge is 2.20. The monoisotopic (exact) mass is 289 g/mol. The first-order valence-corrected chi connectivity index (χ1v) is 6.90. The van der Waals surface area contributed by atoms with E-state index in [2.05, 4.69) is 17.5 Å². The second-order valence-corrected chi connectivity index (χ2v) is 5.31. The Bertz CT molecular complexity index is 582. The molecule has 21 heavy (non-hydrogen) atoms. The van der Waals surface area contributed by atoms with Gasteiger partial charge in [-0.25, -0.2) is 0 Å². The van der Waals surface area contributed by atoms with E-state index in [0.29, 0.717) is 11.3 Å². The molecular formula is C15H19N3O3. The number of carbonyl (C=O) groups excluding carboxylic acids is 1. The van der Waals surface area contributed by atoms with E-state index >= 15 is 0 Å². The smallest absolute Gasteiger partial charge is 0.292 e. The number of hydrogen-bond acceptors (Lipinski definition) is 4. The van der Waals surface area contributed by atoms with Crippen molar-refractivity contribution in [3.8, 4) is 0 Å². The Kier molecular flexibility index (Phi) is 4.57. The fourth-order valence-electron chi connectivity index (χ4n) is 2.35. The van der Waals surface area contributed by atoms with E-state index in [4.69, 9.17) is 0 Å². The quantitative estimate of drug-likeness (QED) is 0.525. The third-order valence-electron chi connectivity index (χ3n) is 3.48. The Morgan fingerprint density at radius 3 is 2.71 bits per heavy atom. The van der Waals surface area contributed by atoms with Crippen molar-refractivity contribution in [2.24, 2.45) is 0 Å². The number of nitro benzene ring substituents is 1. The van der Waals surface area contributed by atoms with E-state index in [9.17, 15) is 14.9 Å². The molecule has 0 heterocycles. The van der Waals surface area contributed by atoms with E-state index in [0.717, 1.165) is 19.3 Å². The first kappa shape index (κ1) is 15.0. The van der Waals surface area contributed by atoms with Gasteiger partial charge in [0, 0.05) is 31.8 Å². The molecule has 1 atom stereocenters. The van der Waals surface area contributed by atoms with Gasteiger partial charge in [-0.05, 0) is 31.4 Å². The second kappa shape index (κ2) is 6.39. The normalized spacial score (nSPS) is 17.3. The van der Waals surface area contributed by atoms with Crippen LogP contribution in [0.4, 0.5) is 11.4 Å². The molecule has 0 bridgehead atoms. The summed E-state index contributed by atoms with van der Waals surface area (Å²) in [6, 6.07) is 4.61.